The van der Waals surface area contributed by atoms with Gasteiger partial charge in [-0.05, 0) is 37.6 Å². The van der Waals surface area contributed by atoms with E-state index in [-0.39, 0.29) is 11.2 Å². The molecule has 0 radical (unpaired) electrons. The minimum Gasteiger partial charge on any atom is -0.325 e. The molecule has 5 nitrogen and oxygen atoms in total. The number of anilines is 1. The Morgan fingerprint density at radius 3 is 2.78 bits per heavy atom. The van der Waals surface area contributed by atoms with Crippen LogP contribution in [0.1, 0.15) is 33.1 Å². The van der Waals surface area contributed by atoms with Crippen molar-refractivity contribution in [2.24, 2.45) is 0 Å². The Morgan fingerprint density at radius 1 is 1.35 bits per heavy atom. The smallest absolute Gasteiger partial charge is 0.237 e. The van der Waals surface area contributed by atoms with Gasteiger partial charge in [-0.2, -0.15) is 0 Å². The zero-order chi connectivity index (χ0) is 16.7. The summed E-state index contributed by atoms with van der Waals surface area (Å²) in [7, 11) is 0. The minimum absolute atomic E-state index is 0.0413. The van der Waals surface area contributed by atoms with Gasteiger partial charge in [-0.3, -0.25) is 4.79 Å². The summed E-state index contributed by atoms with van der Waals surface area (Å²) in [6, 6.07) is 7.54. The first-order valence-electron chi connectivity index (χ1n) is 7.71. The van der Waals surface area contributed by atoms with E-state index in [0.717, 1.165) is 28.3 Å². The maximum absolute atomic E-state index is 12.3. The van der Waals surface area contributed by atoms with Gasteiger partial charge in [0.15, 0.2) is 5.16 Å². The number of nitrogens with one attached hydrogen (secondary N) is 1. The molecule has 1 aromatic carbocycles. The van der Waals surface area contributed by atoms with Crippen molar-refractivity contribution in [3.8, 4) is 0 Å². The zero-order valence-electron chi connectivity index (χ0n) is 13.3. The number of benzene rings is 1. The van der Waals surface area contributed by atoms with Gasteiger partial charge >= 0.3 is 0 Å². The molecule has 2 rings (SSSR count). The van der Waals surface area contributed by atoms with Crippen molar-refractivity contribution >= 4 is 39.3 Å². The molecule has 124 valence electrons. The molecule has 0 unspecified atom stereocenters. The first kappa shape index (κ1) is 18.0. The average molecular weight is 397 g/mol. The van der Waals surface area contributed by atoms with Gasteiger partial charge in [-0.15, -0.1) is 10.2 Å². The number of aryl methyl sites for hydroxylation is 1. The van der Waals surface area contributed by atoms with E-state index < -0.39 is 0 Å². The molecule has 0 spiro atoms. The van der Waals surface area contributed by atoms with Crippen molar-refractivity contribution in [3.05, 3.63) is 35.1 Å². The molecule has 0 fully saturated rings. The lowest BCUT2D eigenvalue weighted by molar-refractivity contribution is -0.115. The summed E-state index contributed by atoms with van der Waals surface area (Å²) in [5.74, 6) is -0.0413. The molecular formula is C16H21BrN4OS. The highest BCUT2D eigenvalue weighted by atomic mass is 79.9. The molecule has 2 aromatic rings. The van der Waals surface area contributed by atoms with Gasteiger partial charge in [0, 0.05) is 16.7 Å². The summed E-state index contributed by atoms with van der Waals surface area (Å²) in [5, 5.41) is 11.6. The number of hydrogen-bond acceptors (Lipinski definition) is 4. The Labute approximate surface area is 149 Å². The fourth-order valence-electron chi connectivity index (χ4n) is 2.01. The first-order chi connectivity index (χ1) is 11.1. The highest BCUT2D eigenvalue weighted by molar-refractivity contribution is 9.10. The van der Waals surface area contributed by atoms with E-state index in [4.69, 9.17) is 0 Å². The molecule has 1 N–H and O–H groups in total. The van der Waals surface area contributed by atoms with Crippen LogP contribution in [-0.4, -0.2) is 25.9 Å². The van der Waals surface area contributed by atoms with Crippen molar-refractivity contribution in [3.63, 3.8) is 0 Å². The third kappa shape index (κ3) is 5.66. The third-order valence-corrected chi connectivity index (χ3v) is 4.97. The molecule has 0 aliphatic rings. The Morgan fingerprint density at radius 2 is 2.09 bits per heavy atom. The molecule has 0 aliphatic carbocycles. The van der Waals surface area contributed by atoms with Crippen LogP contribution in [-0.2, 0) is 11.3 Å². The summed E-state index contributed by atoms with van der Waals surface area (Å²) in [4.78, 5) is 12.3. The first-order valence-corrected chi connectivity index (χ1v) is 9.38. The summed E-state index contributed by atoms with van der Waals surface area (Å²) in [6.07, 6.45) is 5.19. The van der Waals surface area contributed by atoms with Crippen LogP contribution in [0.25, 0.3) is 0 Å². The standard InChI is InChI=1S/C16H21BrN4OS/c1-3-4-5-10-21-11-18-20-16(21)23-12(2)15(22)19-14-8-6-13(17)7-9-14/h6-9,11-12H,3-5,10H2,1-2H3,(H,19,22)/t12-/m0/s1. The predicted molar refractivity (Wildman–Crippen MR) is 97.6 cm³/mol. The molecule has 0 bridgehead atoms. The highest BCUT2D eigenvalue weighted by Gasteiger charge is 2.18. The zero-order valence-corrected chi connectivity index (χ0v) is 15.7. The summed E-state index contributed by atoms with van der Waals surface area (Å²) in [6.45, 7) is 4.95. The number of nitrogens with zero attached hydrogens (tertiary/aromatic N) is 3. The largest absolute Gasteiger partial charge is 0.325 e. The second-order valence-electron chi connectivity index (χ2n) is 5.27. The van der Waals surface area contributed by atoms with E-state index >= 15 is 0 Å². The second-order valence-corrected chi connectivity index (χ2v) is 7.49. The maximum Gasteiger partial charge on any atom is 0.237 e. The fraction of sp³-hybridized carbons (Fsp3) is 0.438. The van der Waals surface area contributed by atoms with Gasteiger partial charge in [-0.1, -0.05) is 47.5 Å². The lowest BCUT2D eigenvalue weighted by Gasteiger charge is -2.12. The SMILES string of the molecule is CCCCCn1cnnc1S[C@@H](C)C(=O)Nc1ccc(Br)cc1. The Kier molecular flexibility index (Phi) is 7.11. The number of thioether (sulfide) groups is 1. The van der Waals surface area contributed by atoms with Crippen LogP contribution < -0.4 is 5.32 Å². The number of amides is 1. The van der Waals surface area contributed by atoms with Crippen LogP contribution in [0.15, 0.2) is 40.2 Å². The van der Waals surface area contributed by atoms with E-state index in [9.17, 15) is 4.79 Å². The van der Waals surface area contributed by atoms with E-state index in [0.29, 0.717) is 0 Å². The summed E-state index contributed by atoms with van der Waals surface area (Å²) < 4.78 is 3.00. The Bertz CT molecular complexity index is 629. The number of carbonyl (C=O) groups is 1. The average Bonchev–Trinajstić information content (AvgIpc) is 2.97. The maximum atomic E-state index is 12.3. The molecule has 1 aromatic heterocycles. The molecular weight excluding hydrogens is 376 g/mol. The van der Waals surface area contributed by atoms with Crippen molar-refractivity contribution < 1.29 is 4.79 Å². The van der Waals surface area contributed by atoms with Crippen LogP contribution in [0.2, 0.25) is 0 Å². The second kappa shape index (κ2) is 9.08. The van der Waals surface area contributed by atoms with Crippen LogP contribution in [0.5, 0.6) is 0 Å². The molecule has 1 amide bonds. The Balaban J connectivity index is 1.90. The van der Waals surface area contributed by atoms with Gasteiger partial charge < -0.3 is 9.88 Å². The van der Waals surface area contributed by atoms with Gasteiger partial charge in [-0.25, -0.2) is 0 Å². The van der Waals surface area contributed by atoms with Crippen LogP contribution >= 0.6 is 27.7 Å². The quantitative estimate of drug-likeness (QED) is 0.532. The number of halogens is 1. The van der Waals surface area contributed by atoms with Crippen molar-refractivity contribution in [1.29, 1.82) is 0 Å². The summed E-state index contributed by atoms with van der Waals surface area (Å²) >= 11 is 4.81. The molecule has 0 aliphatic heterocycles. The summed E-state index contributed by atoms with van der Waals surface area (Å²) in [5.41, 5.74) is 0.787. The van der Waals surface area contributed by atoms with Crippen LogP contribution in [0, 0.1) is 0 Å². The van der Waals surface area contributed by atoms with E-state index in [1.165, 1.54) is 24.6 Å². The normalized spacial score (nSPS) is 12.1. The van der Waals surface area contributed by atoms with Crippen LogP contribution in [0.4, 0.5) is 5.69 Å². The monoisotopic (exact) mass is 396 g/mol. The Hall–Kier alpha value is -1.34. The number of rotatable bonds is 8. The van der Waals surface area contributed by atoms with Crippen molar-refractivity contribution in [1.82, 2.24) is 14.8 Å². The minimum atomic E-state index is -0.243. The van der Waals surface area contributed by atoms with Gasteiger partial charge in [0.2, 0.25) is 5.91 Å². The number of unbranched alkanes of at least 4 members (excludes halogenated alkanes) is 2. The molecule has 23 heavy (non-hydrogen) atoms. The van der Waals surface area contributed by atoms with Crippen LogP contribution in [0.3, 0.4) is 0 Å². The molecule has 7 heteroatoms. The van der Waals surface area contributed by atoms with E-state index in [1.54, 1.807) is 6.33 Å². The lowest BCUT2D eigenvalue weighted by atomic mass is 10.2. The fourth-order valence-corrected chi connectivity index (χ4v) is 3.12. The molecule has 0 saturated heterocycles. The van der Waals surface area contributed by atoms with Gasteiger partial charge in [0.25, 0.3) is 0 Å². The molecule has 0 saturated carbocycles. The lowest BCUT2D eigenvalue weighted by Crippen LogP contribution is -2.22. The van der Waals surface area contributed by atoms with Crippen molar-refractivity contribution in [2.75, 3.05) is 5.32 Å². The molecule has 1 heterocycles. The van der Waals surface area contributed by atoms with E-state index in [2.05, 4.69) is 38.4 Å². The third-order valence-electron chi connectivity index (χ3n) is 3.35. The molecule has 1 atom stereocenters. The predicted octanol–water partition coefficient (Wildman–Crippen LogP) is 4.35. The highest BCUT2D eigenvalue weighted by Crippen LogP contribution is 2.23. The number of carbonyl (C=O) groups excluding carboxylic acids is 1. The van der Waals surface area contributed by atoms with Gasteiger partial charge in [0.1, 0.15) is 6.33 Å². The van der Waals surface area contributed by atoms with E-state index in [1.807, 2.05) is 35.8 Å². The topological polar surface area (TPSA) is 59.8 Å². The van der Waals surface area contributed by atoms with Crippen molar-refractivity contribution in [2.45, 2.75) is 50.1 Å². The van der Waals surface area contributed by atoms with Gasteiger partial charge in [0.05, 0.1) is 5.25 Å². The number of aromatic nitrogens is 3. The number of hydrogen-bond donors (Lipinski definition) is 1.